The summed E-state index contributed by atoms with van der Waals surface area (Å²) in [6.45, 7) is 2.01. The summed E-state index contributed by atoms with van der Waals surface area (Å²) < 4.78 is 73.1. The average Bonchev–Trinajstić information content (AvgIpc) is 3.17. The summed E-state index contributed by atoms with van der Waals surface area (Å²) in [5, 5.41) is 8.18. The molecule has 0 bridgehead atoms. The molecule has 196 valence electrons. The molecule has 3 rings (SSSR count). The van der Waals surface area contributed by atoms with Crippen molar-refractivity contribution in [2.75, 3.05) is 11.9 Å². The van der Waals surface area contributed by atoms with Gasteiger partial charge in [-0.1, -0.05) is 0 Å². The monoisotopic (exact) mass is 515 g/mol. The van der Waals surface area contributed by atoms with E-state index in [0.29, 0.717) is 38.4 Å². The molecule has 0 unspecified atom stereocenters. The number of hydrogen-bond donors (Lipinski definition) is 2. The van der Waals surface area contributed by atoms with E-state index in [1.165, 1.54) is 7.05 Å². The van der Waals surface area contributed by atoms with Gasteiger partial charge >= 0.3 is 12.1 Å². The van der Waals surface area contributed by atoms with Gasteiger partial charge in [0.2, 0.25) is 5.96 Å². The highest BCUT2D eigenvalue weighted by atomic mass is 19.4. The van der Waals surface area contributed by atoms with Gasteiger partial charge < -0.3 is 10.1 Å². The van der Waals surface area contributed by atoms with Crippen LogP contribution in [0.1, 0.15) is 55.1 Å². The van der Waals surface area contributed by atoms with Crippen molar-refractivity contribution < 1.29 is 36.3 Å². The molecule has 8 nitrogen and oxygen atoms in total. The van der Waals surface area contributed by atoms with Gasteiger partial charge in [-0.2, -0.15) is 18.3 Å². The molecule has 1 heterocycles. The van der Waals surface area contributed by atoms with Crippen molar-refractivity contribution in [2.45, 2.75) is 51.2 Å². The number of carbonyl (C=O) groups excluding carboxylic acids is 2. The number of esters is 1. The highest BCUT2D eigenvalue weighted by molar-refractivity contribution is 6.10. The van der Waals surface area contributed by atoms with Crippen LogP contribution >= 0.6 is 0 Å². The van der Waals surface area contributed by atoms with Crippen molar-refractivity contribution in [1.29, 1.82) is 0 Å². The van der Waals surface area contributed by atoms with Crippen LogP contribution in [0.15, 0.2) is 29.4 Å². The van der Waals surface area contributed by atoms with Crippen LogP contribution in [0.4, 0.5) is 27.6 Å². The van der Waals surface area contributed by atoms with Crippen LogP contribution in [0.3, 0.4) is 0 Å². The molecule has 0 radical (unpaired) electrons. The average molecular weight is 515 g/mol. The molecule has 1 aliphatic rings. The van der Waals surface area contributed by atoms with E-state index >= 15 is 0 Å². The van der Waals surface area contributed by atoms with Gasteiger partial charge in [0.15, 0.2) is 5.69 Å². The normalized spacial score (nSPS) is 18.6. The molecule has 2 N–H and O–H groups in total. The molecule has 1 aromatic heterocycles. The minimum atomic E-state index is -4.87. The second-order valence-electron chi connectivity index (χ2n) is 8.46. The Balaban J connectivity index is 1.80. The number of guanidine groups is 1. The summed E-state index contributed by atoms with van der Waals surface area (Å²) in [5.74, 6) is -3.39. The number of amides is 1. The highest BCUT2D eigenvalue weighted by Crippen LogP contribution is 2.31. The molecule has 36 heavy (non-hydrogen) atoms. The lowest BCUT2D eigenvalue weighted by atomic mass is 9.84. The Kier molecular flexibility index (Phi) is 8.64. The van der Waals surface area contributed by atoms with Gasteiger partial charge in [0.25, 0.3) is 5.91 Å². The van der Waals surface area contributed by atoms with Crippen molar-refractivity contribution >= 4 is 23.5 Å². The predicted molar refractivity (Wildman–Crippen MR) is 120 cm³/mol. The van der Waals surface area contributed by atoms with Crippen LogP contribution < -0.4 is 10.6 Å². The summed E-state index contributed by atoms with van der Waals surface area (Å²) in [6.07, 6.45) is -1.34. The minimum absolute atomic E-state index is 0.0928. The number of anilines is 1. The quantitative estimate of drug-likeness (QED) is 0.257. The topological polar surface area (TPSA) is 97.6 Å². The third-order valence-electron chi connectivity index (χ3n) is 5.59. The molecule has 1 aromatic carbocycles. The van der Waals surface area contributed by atoms with Gasteiger partial charge in [-0.15, -0.1) is 0 Å². The largest absolute Gasteiger partial charge is 0.466 e. The Labute approximate surface area is 203 Å². The summed E-state index contributed by atoms with van der Waals surface area (Å²) in [5.41, 5.74) is -2.20. The zero-order valence-electron chi connectivity index (χ0n) is 19.7. The number of aryl methyl sites for hydroxylation is 1. The molecule has 13 heteroatoms. The van der Waals surface area contributed by atoms with Crippen LogP contribution in [-0.2, 0) is 22.8 Å². The third kappa shape index (κ3) is 7.49. The van der Waals surface area contributed by atoms with Gasteiger partial charge in [0, 0.05) is 31.4 Å². The van der Waals surface area contributed by atoms with Gasteiger partial charge in [-0.05, 0) is 50.7 Å². The molecule has 0 aliphatic heterocycles. The van der Waals surface area contributed by atoms with Crippen molar-refractivity contribution in [2.24, 2.45) is 18.0 Å². The molecule has 1 aliphatic carbocycles. The zero-order chi connectivity index (χ0) is 26.5. The molecule has 0 spiro atoms. The molecule has 1 amide bonds. The molecule has 0 saturated heterocycles. The van der Waals surface area contributed by atoms with E-state index in [2.05, 4.69) is 20.7 Å². The Morgan fingerprint density at radius 1 is 1.14 bits per heavy atom. The maximum absolute atomic E-state index is 13.7. The molecule has 1 saturated carbocycles. The highest BCUT2D eigenvalue weighted by Gasteiger charge is 2.39. The second-order valence-corrected chi connectivity index (χ2v) is 8.46. The van der Waals surface area contributed by atoms with Crippen LogP contribution in [0.2, 0.25) is 0 Å². The van der Waals surface area contributed by atoms with Crippen molar-refractivity contribution in [3.8, 4) is 0 Å². The van der Waals surface area contributed by atoms with Crippen molar-refractivity contribution in [3.63, 3.8) is 0 Å². The molecule has 1 fully saturated rings. The molecular formula is C23H26F5N5O3. The Hall–Kier alpha value is -3.51. The second kappa shape index (κ2) is 11.5. The third-order valence-corrected chi connectivity index (χ3v) is 5.59. The first-order valence-corrected chi connectivity index (χ1v) is 11.3. The number of nitrogens with one attached hydrogen (secondary N) is 2. The van der Waals surface area contributed by atoms with Gasteiger partial charge in [-0.25, -0.2) is 13.8 Å². The van der Waals surface area contributed by atoms with Crippen LogP contribution in [-0.4, -0.2) is 40.3 Å². The van der Waals surface area contributed by atoms with E-state index in [1.54, 1.807) is 6.92 Å². The number of benzene rings is 1. The van der Waals surface area contributed by atoms with Crippen LogP contribution in [0.25, 0.3) is 0 Å². The number of alkyl halides is 3. The first-order chi connectivity index (χ1) is 16.9. The fourth-order valence-corrected chi connectivity index (χ4v) is 4.01. The lowest BCUT2D eigenvalue weighted by Crippen LogP contribution is -2.38. The first kappa shape index (κ1) is 27.1. The number of aromatic nitrogens is 2. The molecular weight excluding hydrogens is 489 g/mol. The van der Waals surface area contributed by atoms with Crippen LogP contribution in [0.5, 0.6) is 0 Å². The van der Waals surface area contributed by atoms with E-state index in [4.69, 9.17) is 4.74 Å². The summed E-state index contributed by atoms with van der Waals surface area (Å²) in [7, 11) is 1.24. The van der Waals surface area contributed by atoms with Crippen molar-refractivity contribution in [3.05, 3.63) is 47.3 Å². The number of nitrogens with zero attached hydrogens (tertiary/aromatic N) is 3. The standard InChI is InChI=1S/C23H26F5N5O3/c1-3-36-19(34)8-13-4-6-16(7-5-13)29-22(30-17-10-14(24)9-15(25)11-17)31-21(35)18-12-33(2)32-20(18)23(26,27)28/h9-13,16H,3-8H2,1-2H3,(H2,29,30,31,35). The first-order valence-electron chi connectivity index (χ1n) is 11.3. The van der Waals surface area contributed by atoms with Crippen LogP contribution in [0, 0.1) is 17.6 Å². The van der Waals surface area contributed by atoms with E-state index < -0.39 is 35.0 Å². The lowest BCUT2D eigenvalue weighted by molar-refractivity contribution is -0.144. The smallest absolute Gasteiger partial charge is 0.435 e. The van der Waals surface area contributed by atoms with E-state index in [1.807, 2.05) is 0 Å². The lowest BCUT2D eigenvalue weighted by Gasteiger charge is -2.26. The Morgan fingerprint density at radius 2 is 1.78 bits per heavy atom. The number of ether oxygens (including phenoxy) is 1. The number of rotatable bonds is 6. The zero-order valence-corrected chi connectivity index (χ0v) is 19.7. The Morgan fingerprint density at radius 3 is 2.36 bits per heavy atom. The molecule has 2 aromatic rings. The van der Waals surface area contributed by atoms with Gasteiger partial charge in [0.1, 0.15) is 11.6 Å². The Bertz CT molecular complexity index is 1100. The van der Waals surface area contributed by atoms with Gasteiger partial charge in [0.05, 0.1) is 18.2 Å². The van der Waals surface area contributed by atoms with Crippen molar-refractivity contribution in [1.82, 2.24) is 15.1 Å². The maximum atomic E-state index is 13.7. The summed E-state index contributed by atoms with van der Waals surface area (Å²) in [6, 6.07) is 2.20. The number of halogens is 5. The molecule has 0 atom stereocenters. The van der Waals surface area contributed by atoms with Gasteiger partial charge in [-0.3, -0.25) is 19.6 Å². The predicted octanol–water partition coefficient (Wildman–Crippen LogP) is 4.43. The SMILES string of the molecule is CCOC(=O)CC1CCC(N=C(NC(=O)c2cn(C)nc2C(F)(F)F)Nc2cc(F)cc(F)c2)CC1. The summed E-state index contributed by atoms with van der Waals surface area (Å²) in [4.78, 5) is 28.9. The maximum Gasteiger partial charge on any atom is 0.435 e. The van der Waals surface area contributed by atoms with E-state index in [0.717, 1.165) is 23.0 Å². The van der Waals surface area contributed by atoms with E-state index in [9.17, 15) is 31.5 Å². The number of aliphatic imine (C=N–C) groups is 1. The van der Waals surface area contributed by atoms with E-state index in [-0.39, 0.29) is 36.0 Å². The minimum Gasteiger partial charge on any atom is -0.466 e. The number of hydrogen-bond acceptors (Lipinski definition) is 5. The number of carbonyl (C=O) groups is 2. The fourth-order valence-electron chi connectivity index (χ4n) is 4.01. The fraction of sp³-hybridized carbons (Fsp3) is 0.478. The summed E-state index contributed by atoms with van der Waals surface area (Å²) >= 11 is 0.